The van der Waals surface area contributed by atoms with Crippen LogP contribution < -0.4 is 5.73 Å². The van der Waals surface area contributed by atoms with Gasteiger partial charge in [-0.3, -0.25) is 14.5 Å². The number of amides is 2. The molecular weight excluding hydrogens is 370 g/mol. The summed E-state index contributed by atoms with van der Waals surface area (Å²) in [5.74, 6) is -0.619. The molecule has 0 aromatic heterocycles. The van der Waals surface area contributed by atoms with Crippen LogP contribution in [0.1, 0.15) is 12.0 Å². The number of aliphatic imine (C=N–C) groups is 1. The van der Waals surface area contributed by atoms with Gasteiger partial charge in [-0.15, -0.1) is 0 Å². The molecule has 134 valence electrons. The molecular formula is C19H18ClN3O2S. The van der Waals surface area contributed by atoms with Crippen molar-refractivity contribution >= 4 is 46.0 Å². The van der Waals surface area contributed by atoms with Crippen molar-refractivity contribution < 1.29 is 9.59 Å². The number of benzene rings is 2. The van der Waals surface area contributed by atoms with Gasteiger partial charge >= 0.3 is 0 Å². The first-order chi connectivity index (χ1) is 12.5. The highest BCUT2D eigenvalue weighted by Crippen LogP contribution is 2.31. The summed E-state index contributed by atoms with van der Waals surface area (Å²) in [6.45, 7) is 0.481. The average molecular weight is 388 g/mol. The summed E-state index contributed by atoms with van der Waals surface area (Å²) in [6, 6.07) is 17.0. The third-order valence-corrected chi connectivity index (χ3v) is 5.35. The smallest absolute Gasteiger partial charge is 0.242 e. The van der Waals surface area contributed by atoms with Gasteiger partial charge in [0.15, 0.2) is 5.17 Å². The maximum Gasteiger partial charge on any atom is 0.242 e. The molecule has 2 aromatic rings. The second kappa shape index (κ2) is 8.38. The van der Waals surface area contributed by atoms with E-state index in [1.54, 1.807) is 4.90 Å². The molecule has 1 atom stereocenters. The molecule has 2 aromatic carbocycles. The van der Waals surface area contributed by atoms with E-state index in [9.17, 15) is 9.59 Å². The molecule has 0 aliphatic carbocycles. The number of primary amides is 1. The van der Waals surface area contributed by atoms with Gasteiger partial charge < -0.3 is 5.73 Å². The summed E-state index contributed by atoms with van der Waals surface area (Å²) in [7, 11) is 0. The van der Waals surface area contributed by atoms with Crippen molar-refractivity contribution in [1.82, 2.24) is 4.90 Å². The van der Waals surface area contributed by atoms with Crippen LogP contribution in [0.2, 0.25) is 5.02 Å². The fourth-order valence-corrected chi connectivity index (χ4v) is 3.94. The molecule has 1 fully saturated rings. The Hall–Kier alpha value is -2.31. The van der Waals surface area contributed by atoms with Gasteiger partial charge in [0.2, 0.25) is 11.8 Å². The van der Waals surface area contributed by atoms with E-state index in [-0.39, 0.29) is 12.3 Å². The molecule has 2 N–H and O–H groups in total. The summed E-state index contributed by atoms with van der Waals surface area (Å²) in [6.07, 6.45) is 0.676. The second-order valence-electron chi connectivity index (χ2n) is 5.87. The highest BCUT2D eigenvalue weighted by molar-refractivity contribution is 8.15. The molecule has 5 nitrogen and oxygen atoms in total. The van der Waals surface area contributed by atoms with E-state index >= 15 is 0 Å². The minimum Gasteiger partial charge on any atom is -0.370 e. The van der Waals surface area contributed by atoms with E-state index in [2.05, 4.69) is 4.99 Å². The number of para-hydroxylation sites is 1. The second-order valence-corrected chi connectivity index (χ2v) is 7.48. The number of rotatable bonds is 6. The van der Waals surface area contributed by atoms with Crippen LogP contribution in [0.4, 0.5) is 5.69 Å². The Kier molecular flexibility index (Phi) is 5.96. The van der Waals surface area contributed by atoms with Gasteiger partial charge in [0.1, 0.15) is 5.25 Å². The number of halogens is 1. The van der Waals surface area contributed by atoms with Crippen LogP contribution in [-0.4, -0.2) is 33.7 Å². The van der Waals surface area contributed by atoms with Gasteiger partial charge in [-0.25, -0.2) is 4.99 Å². The fourth-order valence-electron chi connectivity index (χ4n) is 2.62. The Morgan fingerprint density at radius 1 is 1.15 bits per heavy atom. The number of nitrogens with zero attached hydrogens (tertiary/aromatic N) is 2. The van der Waals surface area contributed by atoms with E-state index in [1.165, 1.54) is 11.8 Å². The van der Waals surface area contributed by atoms with E-state index in [0.717, 1.165) is 11.3 Å². The molecule has 2 amide bonds. The number of nitrogens with two attached hydrogens (primary N) is 1. The van der Waals surface area contributed by atoms with Crippen molar-refractivity contribution in [3.05, 3.63) is 65.2 Å². The molecule has 1 heterocycles. The van der Waals surface area contributed by atoms with Crippen LogP contribution in [0.25, 0.3) is 0 Å². The number of hydrogen-bond donors (Lipinski definition) is 1. The molecule has 0 saturated carbocycles. The molecule has 0 bridgehead atoms. The van der Waals surface area contributed by atoms with Crippen LogP contribution in [0, 0.1) is 0 Å². The summed E-state index contributed by atoms with van der Waals surface area (Å²) < 4.78 is 0. The SMILES string of the molecule is NC(=O)CC1SC(=Nc2ccccc2)N(CCc2ccc(Cl)cc2)C1=O. The van der Waals surface area contributed by atoms with Gasteiger partial charge in [0.05, 0.1) is 5.69 Å². The van der Waals surface area contributed by atoms with Crippen molar-refractivity contribution in [2.24, 2.45) is 10.7 Å². The van der Waals surface area contributed by atoms with E-state index in [0.29, 0.717) is 23.2 Å². The molecule has 3 rings (SSSR count). The van der Waals surface area contributed by atoms with Crippen molar-refractivity contribution in [2.45, 2.75) is 18.1 Å². The van der Waals surface area contributed by atoms with Gasteiger partial charge in [-0.1, -0.05) is 53.7 Å². The van der Waals surface area contributed by atoms with E-state index in [4.69, 9.17) is 17.3 Å². The van der Waals surface area contributed by atoms with E-state index < -0.39 is 11.2 Å². The van der Waals surface area contributed by atoms with Crippen LogP contribution in [0.15, 0.2) is 59.6 Å². The van der Waals surface area contributed by atoms with Crippen LogP contribution in [0.3, 0.4) is 0 Å². The normalized spacial score (nSPS) is 18.5. The lowest BCUT2D eigenvalue weighted by Gasteiger charge is -2.16. The Morgan fingerprint density at radius 2 is 1.85 bits per heavy atom. The lowest BCUT2D eigenvalue weighted by atomic mass is 10.1. The zero-order valence-corrected chi connectivity index (χ0v) is 15.5. The molecule has 0 radical (unpaired) electrons. The maximum absolute atomic E-state index is 12.7. The Balaban J connectivity index is 1.80. The van der Waals surface area contributed by atoms with Gasteiger partial charge in [0, 0.05) is 18.0 Å². The van der Waals surface area contributed by atoms with Crippen LogP contribution in [-0.2, 0) is 16.0 Å². The molecule has 26 heavy (non-hydrogen) atoms. The summed E-state index contributed by atoms with van der Waals surface area (Å²) in [5.41, 5.74) is 7.12. The summed E-state index contributed by atoms with van der Waals surface area (Å²) in [5, 5.41) is 0.760. The fraction of sp³-hybridized carbons (Fsp3) is 0.211. The average Bonchev–Trinajstić information content (AvgIpc) is 2.90. The zero-order chi connectivity index (χ0) is 18.5. The van der Waals surface area contributed by atoms with Crippen LogP contribution >= 0.6 is 23.4 Å². The number of hydrogen-bond acceptors (Lipinski definition) is 4. The predicted octanol–water partition coefficient (Wildman–Crippen LogP) is 3.39. The molecule has 7 heteroatoms. The lowest BCUT2D eigenvalue weighted by molar-refractivity contribution is -0.128. The standard InChI is InChI=1S/C19H18ClN3O2S/c20-14-8-6-13(7-9-14)10-11-23-18(25)16(12-17(21)24)26-19(23)22-15-4-2-1-3-5-15/h1-9,16H,10-12H2,(H2,21,24). The molecule has 1 aliphatic rings. The molecule has 1 unspecified atom stereocenters. The topological polar surface area (TPSA) is 75.8 Å². The zero-order valence-electron chi connectivity index (χ0n) is 14.0. The summed E-state index contributed by atoms with van der Waals surface area (Å²) >= 11 is 7.20. The van der Waals surface area contributed by atoms with Gasteiger partial charge in [0.25, 0.3) is 0 Å². The van der Waals surface area contributed by atoms with Crippen molar-refractivity contribution in [3.8, 4) is 0 Å². The van der Waals surface area contributed by atoms with E-state index in [1.807, 2.05) is 54.6 Å². The predicted molar refractivity (Wildman–Crippen MR) is 106 cm³/mol. The quantitative estimate of drug-likeness (QED) is 0.825. The number of amidine groups is 1. The lowest BCUT2D eigenvalue weighted by Crippen LogP contribution is -2.35. The highest BCUT2D eigenvalue weighted by Gasteiger charge is 2.38. The Morgan fingerprint density at radius 3 is 2.50 bits per heavy atom. The minimum absolute atomic E-state index is 0.00869. The largest absolute Gasteiger partial charge is 0.370 e. The first-order valence-corrected chi connectivity index (χ1v) is 9.43. The van der Waals surface area contributed by atoms with Crippen LogP contribution in [0.5, 0.6) is 0 Å². The minimum atomic E-state index is -0.514. The number of carbonyl (C=O) groups excluding carboxylic acids is 2. The van der Waals surface area contributed by atoms with Crippen molar-refractivity contribution in [2.75, 3.05) is 6.54 Å². The van der Waals surface area contributed by atoms with Gasteiger partial charge in [-0.2, -0.15) is 0 Å². The maximum atomic E-state index is 12.7. The number of carbonyl (C=O) groups is 2. The third-order valence-electron chi connectivity index (χ3n) is 3.92. The summed E-state index contributed by atoms with van der Waals surface area (Å²) in [4.78, 5) is 30.2. The third kappa shape index (κ3) is 4.65. The molecule has 1 aliphatic heterocycles. The first kappa shape index (κ1) is 18.5. The van der Waals surface area contributed by atoms with Gasteiger partial charge in [-0.05, 0) is 36.2 Å². The molecule has 1 saturated heterocycles. The Bertz CT molecular complexity index is 824. The molecule has 0 spiro atoms. The number of thioether (sulfide) groups is 1. The monoisotopic (exact) mass is 387 g/mol. The Labute approximate surface area is 161 Å². The first-order valence-electron chi connectivity index (χ1n) is 8.17. The van der Waals surface area contributed by atoms with Crippen molar-refractivity contribution in [1.29, 1.82) is 0 Å². The van der Waals surface area contributed by atoms with Crippen molar-refractivity contribution in [3.63, 3.8) is 0 Å². The highest BCUT2D eigenvalue weighted by atomic mass is 35.5.